The molecule has 1 aromatic rings. The fourth-order valence-electron chi connectivity index (χ4n) is 1.33. The van der Waals surface area contributed by atoms with Gasteiger partial charge in [-0.3, -0.25) is 14.4 Å². The molecule has 20 heavy (non-hydrogen) atoms. The summed E-state index contributed by atoms with van der Waals surface area (Å²) in [5, 5.41) is 13.5. The average molecular weight is 282 g/mol. The molecule has 0 fully saturated rings. The summed E-state index contributed by atoms with van der Waals surface area (Å²) in [6.07, 6.45) is 0. The summed E-state index contributed by atoms with van der Waals surface area (Å²) >= 11 is 0. The van der Waals surface area contributed by atoms with Crippen molar-refractivity contribution in [3.63, 3.8) is 0 Å². The number of carboxylic acids is 1. The maximum absolute atomic E-state index is 12.7. The lowest BCUT2D eigenvalue weighted by Gasteiger charge is -2.09. The van der Waals surface area contributed by atoms with Gasteiger partial charge in [-0.2, -0.15) is 0 Å². The van der Waals surface area contributed by atoms with E-state index in [1.807, 2.05) is 0 Å². The van der Waals surface area contributed by atoms with Gasteiger partial charge in [0.25, 0.3) is 5.91 Å². The van der Waals surface area contributed by atoms with E-state index in [9.17, 15) is 18.8 Å². The van der Waals surface area contributed by atoms with E-state index in [-0.39, 0.29) is 13.1 Å². The van der Waals surface area contributed by atoms with Gasteiger partial charge < -0.3 is 15.7 Å². The van der Waals surface area contributed by atoms with Gasteiger partial charge in [0.1, 0.15) is 11.7 Å². The number of carbonyl (C=O) groups excluding carboxylic acids is 2. The topological polar surface area (TPSA) is 95.5 Å². The number of aliphatic carboxylic acids is 1. The molecule has 0 aromatic heterocycles. The molecule has 0 spiro atoms. The lowest BCUT2D eigenvalue weighted by molar-refractivity contribution is -0.146. The smallest absolute Gasteiger partial charge is 0.315 e. The van der Waals surface area contributed by atoms with Crippen molar-refractivity contribution in [2.24, 2.45) is 5.92 Å². The highest BCUT2D eigenvalue weighted by Crippen LogP contribution is 2.02. The zero-order chi connectivity index (χ0) is 15.1. The molecule has 6 nitrogen and oxygen atoms in total. The highest BCUT2D eigenvalue weighted by Gasteiger charge is 2.19. The number of hydrogen-bond acceptors (Lipinski definition) is 3. The fourth-order valence-corrected chi connectivity index (χ4v) is 1.33. The molecule has 0 aliphatic heterocycles. The normalized spacial score (nSPS) is 11.5. The van der Waals surface area contributed by atoms with Crippen LogP contribution in [0.5, 0.6) is 0 Å². The molecular formula is C13H15FN2O4. The molecule has 1 rings (SSSR count). The SMILES string of the molecule is CC(C(=O)O)C(=O)NCCNC(=O)c1ccc(F)cc1. The van der Waals surface area contributed by atoms with E-state index in [1.54, 1.807) is 0 Å². The Balaban J connectivity index is 2.31. The monoisotopic (exact) mass is 282 g/mol. The molecule has 0 aliphatic carbocycles. The summed E-state index contributed by atoms with van der Waals surface area (Å²) in [6, 6.07) is 5.03. The van der Waals surface area contributed by atoms with Crippen LogP contribution in [-0.2, 0) is 9.59 Å². The lowest BCUT2D eigenvalue weighted by Crippen LogP contribution is -2.38. The van der Waals surface area contributed by atoms with Gasteiger partial charge in [0.15, 0.2) is 0 Å². The van der Waals surface area contributed by atoms with Crippen LogP contribution >= 0.6 is 0 Å². The van der Waals surface area contributed by atoms with Crippen LogP contribution in [0.3, 0.4) is 0 Å². The van der Waals surface area contributed by atoms with Crippen LogP contribution in [0.2, 0.25) is 0 Å². The van der Waals surface area contributed by atoms with E-state index < -0.39 is 29.5 Å². The third-order valence-electron chi connectivity index (χ3n) is 2.58. The van der Waals surface area contributed by atoms with Crippen LogP contribution in [0.1, 0.15) is 17.3 Å². The second-order valence-electron chi connectivity index (χ2n) is 4.11. The second kappa shape index (κ2) is 7.22. The average Bonchev–Trinajstić information content (AvgIpc) is 2.42. The first-order valence-corrected chi connectivity index (χ1v) is 5.96. The van der Waals surface area contributed by atoms with Crippen LogP contribution < -0.4 is 10.6 Å². The first kappa shape index (κ1) is 15.6. The first-order valence-electron chi connectivity index (χ1n) is 5.96. The Labute approximate surface area is 115 Å². The molecule has 1 unspecified atom stereocenters. The lowest BCUT2D eigenvalue weighted by atomic mass is 10.2. The molecule has 0 bridgehead atoms. The number of nitrogens with one attached hydrogen (secondary N) is 2. The largest absolute Gasteiger partial charge is 0.481 e. The molecule has 3 N–H and O–H groups in total. The summed E-state index contributed by atoms with van der Waals surface area (Å²) in [5.74, 6) is -3.80. The second-order valence-corrected chi connectivity index (χ2v) is 4.11. The minimum Gasteiger partial charge on any atom is -0.481 e. The maximum atomic E-state index is 12.7. The van der Waals surface area contributed by atoms with Gasteiger partial charge in [0.05, 0.1) is 0 Å². The van der Waals surface area contributed by atoms with Gasteiger partial charge in [0, 0.05) is 18.7 Å². The maximum Gasteiger partial charge on any atom is 0.315 e. The Hall–Kier alpha value is -2.44. The van der Waals surface area contributed by atoms with Crippen molar-refractivity contribution >= 4 is 17.8 Å². The molecule has 7 heteroatoms. The zero-order valence-corrected chi connectivity index (χ0v) is 10.9. The summed E-state index contributed by atoms with van der Waals surface area (Å²) < 4.78 is 12.7. The number of benzene rings is 1. The summed E-state index contributed by atoms with van der Waals surface area (Å²) in [4.78, 5) is 33.4. The molecule has 2 amide bonds. The molecule has 0 radical (unpaired) electrons. The predicted octanol–water partition coefficient (Wildman–Crippen LogP) is 0.392. The van der Waals surface area contributed by atoms with Crippen molar-refractivity contribution in [1.82, 2.24) is 10.6 Å². The van der Waals surface area contributed by atoms with Gasteiger partial charge in [-0.25, -0.2) is 4.39 Å². The quantitative estimate of drug-likeness (QED) is 0.519. The number of amides is 2. The Morgan fingerprint density at radius 1 is 1.15 bits per heavy atom. The third-order valence-corrected chi connectivity index (χ3v) is 2.58. The van der Waals surface area contributed by atoms with E-state index in [4.69, 9.17) is 5.11 Å². The predicted molar refractivity (Wildman–Crippen MR) is 68.5 cm³/mol. The van der Waals surface area contributed by atoms with Crippen molar-refractivity contribution in [3.05, 3.63) is 35.6 Å². The van der Waals surface area contributed by atoms with Gasteiger partial charge in [0.2, 0.25) is 5.91 Å². The number of carbonyl (C=O) groups is 3. The molecule has 0 saturated carbocycles. The molecule has 0 heterocycles. The van der Waals surface area contributed by atoms with Crippen molar-refractivity contribution < 1.29 is 23.9 Å². The standard InChI is InChI=1S/C13H15FN2O4/c1-8(13(19)20)11(17)15-6-7-16-12(18)9-2-4-10(14)5-3-9/h2-5,8H,6-7H2,1H3,(H,15,17)(H,16,18)(H,19,20). The van der Waals surface area contributed by atoms with E-state index >= 15 is 0 Å². The third kappa shape index (κ3) is 4.68. The summed E-state index contributed by atoms with van der Waals surface area (Å²) in [5.41, 5.74) is 0.302. The van der Waals surface area contributed by atoms with Gasteiger partial charge in [-0.15, -0.1) is 0 Å². The molecule has 0 aliphatic rings. The molecule has 108 valence electrons. The highest BCUT2D eigenvalue weighted by molar-refractivity contribution is 5.96. The molecular weight excluding hydrogens is 267 g/mol. The van der Waals surface area contributed by atoms with Crippen LogP contribution in [-0.4, -0.2) is 36.0 Å². The van der Waals surface area contributed by atoms with Crippen LogP contribution in [0.4, 0.5) is 4.39 Å². The van der Waals surface area contributed by atoms with Gasteiger partial charge in [-0.1, -0.05) is 0 Å². The molecule has 1 aromatic carbocycles. The Bertz CT molecular complexity index is 502. The van der Waals surface area contributed by atoms with Gasteiger partial charge >= 0.3 is 5.97 Å². The summed E-state index contributed by atoms with van der Waals surface area (Å²) in [6.45, 7) is 1.53. The first-order chi connectivity index (χ1) is 9.41. The van der Waals surface area contributed by atoms with Crippen LogP contribution in [0, 0.1) is 11.7 Å². The van der Waals surface area contributed by atoms with E-state index in [1.165, 1.54) is 31.2 Å². The minimum absolute atomic E-state index is 0.114. The van der Waals surface area contributed by atoms with Crippen LogP contribution in [0.15, 0.2) is 24.3 Å². The number of hydrogen-bond donors (Lipinski definition) is 3. The van der Waals surface area contributed by atoms with Gasteiger partial charge in [-0.05, 0) is 31.2 Å². The van der Waals surface area contributed by atoms with E-state index in [0.717, 1.165) is 0 Å². The van der Waals surface area contributed by atoms with E-state index in [2.05, 4.69) is 10.6 Å². The minimum atomic E-state index is -1.21. The fraction of sp³-hybridized carbons (Fsp3) is 0.308. The number of carboxylic acid groups (broad SMARTS) is 1. The van der Waals surface area contributed by atoms with Crippen molar-refractivity contribution in [1.29, 1.82) is 0 Å². The Kier molecular flexibility index (Phi) is 5.64. The van der Waals surface area contributed by atoms with Crippen molar-refractivity contribution in [3.8, 4) is 0 Å². The van der Waals surface area contributed by atoms with Crippen molar-refractivity contribution in [2.75, 3.05) is 13.1 Å². The molecule has 0 saturated heterocycles. The Morgan fingerprint density at radius 3 is 2.25 bits per heavy atom. The van der Waals surface area contributed by atoms with Crippen LogP contribution in [0.25, 0.3) is 0 Å². The zero-order valence-electron chi connectivity index (χ0n) is 10.9. The van der Waals surface area contributed by atoms with Crippen molar-refractivity contribution in [2.45, 2.75) is 6.92 Å². The molecule has 1 atom stereocenters. The number of rotatable bonds is 6. The Morgan fingerprint density at radius 2 is 1.70 bits per heavy atom. The number of halogens is 1. The highest BCUT2D eigenvalue weighted by atomic mass is 19.1. The summed E-state index contributed by atoms with van der Waals surface area (Å²) in [7, 11) is 0. The van der Waals surface area contributed by atoms with E-state index in [0.29, 0.717) is 5.56 Å².